The highest BCUT2D eigenvalue weighted by Crippen LogP contribution is 2.21. The molecule has 0 radical (unpaired) electrons. The van der Waals surface area contributed by atoms with Crippen LogP contribution in [0.3, 0.4) is 0 Å². The molecule has 1 unspecified atom stereocenters. The molecule has 88 valence electrons. The van der Waals surface area contributed by atoms with E-state index in [9.17, 15) is 4.79 Å². The molecule has 0 saturated carbocycles. The maximum absolute atomic E-state index is 11.2. The summed E-state index contributed by atoms with van der Waals surface area (Å²) in [6.45, 7) is 4.17. The molecule has 1 atom stereocenters. The van der Waals surface area contributed by atoms with Gasteiger partial charge < -0.3 is 10.2 Å². The van der Waals surface area contributed by atoms with Gasteiger partial charge in [-0.2, -0.15) is 0 Å². The van der Waals surface area contributed by atoms with Crippen LogP contribution >= 0.6 is 22.9 Å². The molecule has 2 rings (SSSR count). The number of thiophene rings is 1. The van der Waals surface area contributed by atoms with Crippen molar-refractivity contribution in [2.45, 2.75) is 25.9 Å². The first kappa shape index (κ1) is 11.9. The van der Waals surface area contributed by atoms with Gasteiger partial charge in [-0.15, -0.1) is 11.3 Å². The van der Waals surface area contributed by atoms with E-state index in [0.29, 0.717) is 6.04 Å². The number of likely N-dealkylation sites (tertiary alicyclic amines) is 1. The lowest BCUT2D eigenvalue weighted by Gasteiger charge is -2.14. The molecule has 1 aliphatic heterocycles. The van der Waals surface area contributed by atoms with Crippen LogP contribution in [0.15, 0.2) is 12.1 Å². The Morgan fingerprint density at radius 3 is 3.06 bits per heavy atom. The van der Waals surface area contributed by atoms with Crippen molar-refractivity contribution in [1.29, 1.82) is 0 Å². The smallest absolute Gasteiger partial charge is 0.219 e. The van der Waals surface area contributed by atoms with Crippen molar-refractivity contribution in [1.82, 2.24) is 10.2 Å². The van der Waals surface area contributed by atoms with Crippen molar-refractivity contribution in [3.63, 3.8) is 0 Å². The van der Waals surface area contributed by atoms with E-state index in [4.69, 9.17) is 11.6 Å². The number of nitrogens with zero attached hydrogens (tertiary/aromatic N) is 1. The molecular weight excluding hydrogens is 244 g/mol. The lowest BCUT2D eigenvalue weighted by Crippen LogP contribution is -2.33. The van der Waals surface area contributed by atoms with Crippen LogP contribution in [0.25, 0.3) is 0 Å². The van der Waals surface area contributed by atoms with Crippen LogP contribution in [0.2, 0.25) is 4.34 Å². The van der Waals surface area contributed by atoms with E-state index in [1.165, 1.54) is 4.88 Å². The molecule has 1 aliphatic rings. The predicted octanol–water partition coefficient (Wildman–Crippen LogP) is 2.11. The largest absolute Gasteiger partial charge is 0.341 e. The zero-order chi connectivity index (χ0) is 11.5. The Labute approximate surface area is 104 Å². The van der Waals surface area contributed by atoms with Crippen molar-refractivity contribution in [2.75, 3.05) is 13.1 Å². The average molecular weight is 259 g/mol. The Morgan fingerprint density at radius 1 is 1.69 bits per heavy atom. The normalized spacial score (nSPS) is 20.4. The monoisotopic (exact) mass is 258 g/mol. The first-order valence-corrected chi connectivity index (χ1v) is 6.57. The minimum Gasteiger partial charge on any atom is -0.341 e. The van der Waals surface area contributed by atoms with Crippen LogP contribution in [-0.2, 0) is 11.3 Å². The Morgan fingerprint density at radius 2 is 2.50 bits per heavy atom. The van der Waals surface area contributed by atoms with Gasteiger partial charge in [0, 0.05) is 37.5 Å². The molecule has 5 heteroatoms. The van der Waals surface area contributed by atoms with Crippen LogP contribution < -0.4 is 5.32 Å². The third-order valence-corrected chi connectivity index (χ3v) is 4.06. The third-order valence-electron chi connectivity index (χ3n) is 2.83. The molecule has 1 fully saturated rings. The van der Waals surface area contributed by atoms with Crippen molar-refractivity contribution in [3.05, 3.63) is 21.3 Å². The number of hydrogen-bond donors (Lipinski definition) is 1. The van der Waals surface area contributed by atoms with Crippen LogP contribution in [0.5, 0.6) is 0 Å². The summed E-state index contributed by atoms with van der Waals surface area (Å²) in [6, 6.07) is 4.38. The maximum atomic E-state index is 11.2. The van der Waals surface area contributed by atoms with Gasteiger partial charge in [-0.25, -0.2) is 0 Å². The maximum Gasteiger partial charge on any atom is 0.219 e. The number of amides is 1. The van der Waals surface area contributed by atoms with Crippen molar-refractivity contribution in [2.24, 2.45) is 0 Å². The Kier molecular flexibility index (Phi) is 3.84. The summed E-state index contributed by atoms with van der Waals surface area (Å²) in [5, 5.41) is 3.45. The SMILES string of the molecule is CC(=O)N1CCC(NCc2ccc(Cl)s2)C1. The summed E-state index contributed by atoms with van der Waals surface area (Å²) in [4.78, 5) is 14.3. The number of hydrogen-bond acceptors (Lipinski definition) is 3. The second-order valence-corrected chi connectivity index (χ2v) is 5.84. The molecular formula is C11H15ClN2OS. The second kappa shape index (κ2) is 5.17. The number of carbonyl (C=O) groups is 1. The van der Waals surface area contributed by atoms with Gasteiger partial charge in [-0.05, 0) is 18.6 Å². The third kappa shape index (κ3) is 2.97. The topological polar surface area (TPSA) is 32.3 Å². The quantitative estimate of drug-likeness (QED) is 0.901. The molecule has 1 saturated heterocycles. The van der Waals surface area contributed by atoms with Gasteiger partial charge in [0.2, 0.25) is 5.91 Å². The fourth-order valence-electron chi connectivity index (χ4n) is 1.90. The summed E-state index contributed by atoms with van der Waals surface area (Å²) in [7, 11) is 0. The average Bonchev–Trinajstić information content (AvgIpc) is 2.83. The highest BCUT2D eigenvalue weighted by atomic mass is 35.5. The Bertz CT molecular complexity index is 380. The molecule has 16 heavy (non-hydrogen) atoms. The predicted molar refractivity (Wildman–Crippen MR) is 66.8 cm³/mol. The van der Waals surface area contributed by atoms with E-state index in [2.05, 4.69) is 5.32 Å². The minimum atomic E-state index is 0.170. The first-order valence-electron chi connectivity index (χ1n) is 5.38. The molecule has 1 N–H and O–H groups in total. The van der Waals surface area contributed by atoms with Gasteiger partial charge in [0.05, 0.1) is 4.34 Å². The molecule has 1 aromatic heterocycles. The van der Waals surface area contributed by atoms with E-state index in [1.807, 2.05) is 17.0 Å². The highest BCUT2D eigenvalue weighted by Gasteiger charge is 2.23. The molecule has 0 aromatic carbocycles. The van der Waals surface area contributed by atoms with Crippen LogP contribution in [0.1, 0.15) is 18.2 Å². The number of halogens is 1. The van der Waals surface area contributed by atoms with E-state index in [1.54, 1.807) is 18.3 Å². The summed E-state index contributed by atoms with van der Waals surface area (Å²) < 4.78 is 0.827. The first-order chi connectivity index (χ1) is 7.65. The van der Waals surface area contributed by atoms with Crippen molar-refractivity contribution < 1.29 is 4.79 Å². The standard InChI is InChI=1S/C11H15ClN2OS/c1-8(15)14-5-4-9(7-14)13-6-10-2-3-11(12)16-10/h2-3,9,13H,4-7H2,1H3. The van der Waals surface area contributed by atoms with Gasteiger partial charge in [0.1, 0.15) is 0 Å². The molecule has 1 aromatic rings. The molecule has 1 amide bonds. The van der Waals surface area contributed by atoms with E-state index in [0.717, 1.165) is 30.4 Å². The van der Waals surface area contributed by atoms with E-state index >= 15 is 0 Å². The molecule has 0 bridgehead atoms. The molecule has 2 heterocycles. The lowest BCUT2D eigenvalue weighted by atomic mass is 10.2. The van der Waals surface area contributed by atoms with Crippen LogP contribution in [-0.4, -0.2) is 29.9 Å². The summed E-state index contributed by atoms with van der Waals surface area (Å²) >= 11 is 7.46. The van der Waals surface area contributed by atoms with Crippen LogP contribution in [0, 0.1) is 0 Å². The van der Waals surface area contributed by atoms with Gasteiger partial charge in [0.15, 0.2) is 0 Å². The molecule has 3 nitrogen and oxygen atoms in total. The zero-order valence-electron chi connectivity index (χ0n) is 9.20. The summed E-state index contributed by atoms with van der Waals surface area (Å²) in [5.41, 5.74) is 0. The van der Waals surface area contributed by atoms with E-state index < -0.39 is 0 Å². The van der Waals surface area contributed by atoms with E-state index in [-0.39, 0.29) is 5.91 Å². The summed E-state index contributed by atoms with van der Waals surface area (Å²) in [6.07, 6.45) is 1.04. The van der Waals surface area contributed by atoms with Gasteiger partial charge >= 0.3 is 0 Å². The summed E-state index contributed by atoms with van der Waals surface area (Å²) in [5.74, 6) is 0.170. The van der Waals surface area contributed by atoms with Gasteiger partial charge in [-0.3, -0.25) is 4.79 Å². The Hall–Kier alpha value is -0.580. The van der Waals surface area contributed by atoms with Crippen molar-refractivity contribution in [3.8, 4) is 0 Å². The molecule has 0 aliphatic carbocycles. The number of nitrogens with one attached hydrogen (secondary N) is 1. The Balaban J connectivity index is 1.77. The fraction of sp³-hybridized carbons (Fsp3) is 0.545. The van der Waals surface area contributed by atoms with Crippen LogP contribution in [0.4, 0.5) is 0 Å². The zero-order valence-corrected chi connectivity index (χ0v) is 10.8. The number of rotatable bonds is 3. The second-order valence-electron chi connectivity index (χ2n) is 4.04. The fourth-order valence-corrected chi connectivity index (χ4v) is 2.94. The highest BCUT2D eigenvalue weighted by molar-refractivity contribution is 7.16. The molecule has 0 spiro atoms. The number of carbonyl (C=O) groups excluding carboxylic acids is 1. The van der Waals surface area contributed by atoms with Gasteiger partial charge in [0.25, 0.3) is 0 Å². The minimum absolute atomic E-state index is 0.170. The van der Waals surface area contributed by atoms with Crippen molar-refractivity contribution >= 4 is 28.8 Å². The van der Waals surface area contributed by atoms with Gasteiger partial charge in [-0.1, -0.05) is 11.6 Å². The lowest BCUT2D eigenvalue weighted by molar-refractivity contribution is -0.127.